The van der Waals surface area contributed by atoms with Crippen LogP contribution in [0.3, 0.4) is 0 Å². The average molecular weight is 265 g/mol. The molecule has 0 unspecified atom stereocenters. The summed E-state index contributed by atoms with van der Waals surface area (Å²) in [6, 6.07) is 4.10. The van der Waals surface area contributed by atoms with E-state index in [1.54, 1.807) is 6.92 Å². The number of ether oxygens (including phenoxy) is 2. The molecule has 0 amide bonds. The maximum Gasteiger partial charge on any atom is 0.387 e. The Morgan fingerprint density at radius 2 is 2.18 bits per heavy atom. The first-order valence-electron chi connectivity index (χ1n) is 4.91. The van der Waals surface area contributed by atoms with Crippen LogP contribution < -0.4 is 4.74 Å². The highest BCUT2D eigenvalue weighted by Gasteiger charge is 2.13. The molecule has 1 rings (SSSR count). The van der Waals surface area contributed by atoms with E-state index >= 15 is 0 Å². The molecule has 0 aliphatic rings. The van der Waals surface area contributed by atoms with Crippen molar-refractivity contribution in [2.24, 2.45) is 0 Å². The number of hydrogen-bond donors (Lipinski definition) is 0. The van der Waals surface area contributed by atoms with Gasteiger partial charge in [0.15, 0.2) is 0 Å². The first-order chi connectivity index (χ1) is 8.02. The first kappa shape index (κ1) is 13.7. The smallest absolute Gasteiger partial charge is 0.387 e. The van der Waals surface area contributed by atoms with Gasteiger partial charge in [-0.05, 0) is 25.1 Å². The Hall–Kier alpha value is -1.36. The molecule has 0 saturated carbocycles. The third kappa shape index (κ3) is 4.56. The van der Waals surface area contributed by atoms with Gasteiger partial charge in [0.25, 0.3) is 0 Å². The molecule has 3 nitrogen and oxygen atoms in total. The van der Waals surface area contributed by atoms with Crippen LogP contribution in [0.25, 0.3) is 0 Å². The van der Waals surface area contributed by atoms with Crippen LogP contribution in [0.2, 0.25) is 5.02 Å². The summed E-state index contributed by atoms with van der Waals surface area (Å²) in [6.45, 7) is -1.06. The van der Waals surface area contributed by atoms with Gasteiger partial charge in [0.05, 0.1) is 13.0 Å². The monoisotopic (exact) mass is 264 g/mol. The van der Waals surface area contributed by atoms with Crippen LogP contribution in [0.1, 0.15) is 12.5 Å². The van der Waals surface area contributed by atoms with Crippen molar-refractivity contribution in [2.45, 2.75) is 20.0 Å². The Balaban J connectivity index is 2.86. The quantitative estimate of drug-likeness (QED) is 0.767. The van der Waals surface area contributed by atoms with E-state index in [-0.39, 0.29) is 24.3 Å². The largest absolute Gasteiger partial charge is 0.466 e. The van der Waals surface area contributed by atoms with Crippen molar-refractivity contribution >= 4 is 17.6 Å². The van der Waals surface area contributed by atoms with Gasteiger partial charge in [0.2, 0.25) is 0 Å². The Kier molecular flexibility index (Phi) is 5.15. The Morgan fingerprint density at radius 1 is 1.47 bits per heavy atom. The molecule has 6 heteroatoms. The second-order valence-electron chi connectivity index (χ2n) is 3.11. The van der Waals surface area contributed by atoms with E-state index in [1.165, 1.54) is 18.2 Å². The summed E-state index contributed by atoms with van der Waals surface area (Å²) in [5, 5.41) is 0.339. The molecular weight excluding hydrogens is 254 g/mol. The molecule has 1 aromatic rings. The van der Waals surface area contributed by atoms with Crippen molar-refractivity contribution in [2.75, 3.05) is 6.61 Å². The van der Waals surface area contributed by atoms with Gasteiger partial charge in [-0.25, -0.2) is 0 Å². The van der Waals surface area contributed by atoms with Crippen molar-refractivity contribution in [3.63, 3.8) is 0 Å². The van der Waals surface area contributed by atoms with Gasteiger partial charge in [-0.2, -0.15) is 8.78 Å². The zero-order valence-electron chi connectivity index (χ0n) is 9.08. The van der Waals surface area contributed by atoms with Gasteiger partial charge in [0.1, 0.15) is 5.75 Å². The molecule has 0 aliphatic heterocycles. The molecule has 0 heterocycles. The van der Waals surface area contributed by atoms with E-state index in [2.05, 4.69) is 4.74 Å². The van der Waals surface area contributed by atoms with E-state index in [0.29, 0.717) is 5.02 Å². The SMILES string of the molecule is CCOC(=O)Cc1cc(Cl)ccc1OC(F)F. The number of rotatable bonds is 5. The van der Waals surface area contributed by atoms with Crippen LogP contribution in [-0.2, 0) is 16.0 Å². The van der Waals surface area contributed by atoms with Gasteiger partial charge < -0.3 is 9.47 Å². The normalized spacial score (nSPS) is 10.4. The van der Waals surface area contributed by atoms with Crippen LogP contribution in [0.15, 0.2) is 18.2 Å². The van der Waals surface area contributed by atoms with Crippen molar-refractivity contribution in [1.82, 2.24) is 0 Å². The Bertz CT molecular complexity index is 396. The topological polar surface area (TPSA) is 35.5 Å². The zero-order valence-corrected chi connectivity index (χ0v) is 9.84. The van der Waals surface area contributed by atoms with Crippen LogP contribution in [0.5, 0.6) is 5.75 Å². The van der Waals surface area contributed by atoms with Crippen molar-refractivity contribution in [3.8, 4) is 5.75 Å². The molecule has 0 N–H and O–H groups in total. The molecule has 0 aromatic heterocycles. The van der Waals surface area contributed by atoms with E-state index in [0.717, 1.165) is 0 Å². The first-order valence-corrected chi connectivity index (χ1v) is 5.29. The van der Waals surface area contributed by atoms with Gasteiger partial charge in [-0.3, -0.25) is 4.79 Å². The fraction of sp³-hybridized carbons (Fsp3) is 0.364. The highest BCUT2D eigenvalue weighted by Crippen LogP contribution is 2.25. The average Bonchev–Trinajstić information content (AvgIpc) is 2.22. The van der Waals surface area contributed by atoms with Gasteiger partial charge >= 0.3 is 12.6 Å². The molecule has 0 bridgehead atoms. The zero-order chi connectivity index (χ0) is 12.8. The van der Waals surface area contributed by atoms with Gasteiger partial charge in [-0.15, -0.1) is 0 Å². The molecule has 0 saturated heterocycles. The fourth-order valence-corrected chi connectivity index (χ4v) is 1.46. The minimum atomic E-state index is -2.95. The van der Waals surface area contributed by atoms with Crippen molar-refractivity contribution in [3.05, 3.63) is 28.8 Å². The van der Waals surface area contributed by atoms with E-state index in [9.17, 15) is 13.6 Å². The maximum absolute atomic E-state index is 12.1. The molecule has 0 radical (unpaired) electrons. The lowest BCUT2D eigenvalue weighted by molar-refractivity contribution is -0.142. The number of benzene rings is 1. The standard InChI is InChI=1S/C11H11ClF2O3/c1-2-16-10(15)6-7-5-8(12)3-4-9(7)17-11(13)14/h3-5,11H,2,6H2,1H3. The highest BCUT2D eigenvalue weighted by atomic mass is 35.5. The molecule has 1 aromatic carbocycles. The molecular formula is C11H11ClF2O3. The second-order valence-corrected chi connectivity index (χ2v) is 3.55. The summed E-state index contributed by atoms with van der Waals surface area (Å²) in [4.78, 5) is 11.3. The highest BCUT2D eigenvalue weighted by molar-refractivity contribution is 6.30. The third-order valence-corrected chi connectivity index (χ3v) is 2.11. The summed E-state index contributed by atoms with van der Waals surface area (Å²) in [7, 11) is 0. The van der Waals surface area contributed by atoms with Crippen LogP contribution in [0.4, 0.5) is 8.78 Å². The lowest BCUT2D eigenvalue weighted by Gasteiger charge is -2.10. The predicted molar refractivity (Wildman–Crippen MR) is 58.4 cm³/mol. The predicted octanol–water partition coefficient (Wildman–Crippen LogP) is 3.05. The minimum Gasteiger partial charge on any atom is -0.466 e. The minimum absolute atomic E-state index is 0.0718. The summed E-state index contributed by atoms with van der Waals surface area (Å²) in [5.41, 5.74) is 0.274. The van der Waals surface area contributed by atoms with E-state index < -0.39 is 12.6 Å². The summed E-state index contributed by atoms with van der Waals surface area (Å²) >= 11 is 5.72. The summed E-state index contributed by atoms with van der Waals surface area (Å²) in [5.74, 6) is -0.591. The van der Waals surface area contributed by atoms with Crippen LogP contribution in [0, 0.1) is 0 Å². The molecule has 0 atom stereocenters. The molecule has 94 valence electrons. The molecule has 17 heavy (non-hydrogen) atoms. The summed E-state index contributed by atoms with van der Waals surface area (Å²) < 4.78 is 33.2. The molecule has 0 fully saturated rings. The van der Waals surface area contributed by atoms with Crippen LogP contribution >= 0.6 is 11.6 Å². The second kappa shape index (κ2) is 6.39. The summed E-state index contributed by atoms with van der Waals surface area (Å²) in [6.07, 6.45) is -0.156. The maximum atomic E-state index is 12.1. The Labute approximate surface area is 102 Å². The van der Waals surface area contributed by atoms with E-state index in [4.69, 9.17) is 16.3 Å². The van der Waals surface area contributed by atoms with Crippen molar-refractivity contribution < 1.29 is 23.0 Å². The molecule has 0 spiro atoms. The Morgan fingerprint density at radius 3 is 2.76 bits per heavy atom. The van der Waals surface area contributed by atoms with Gasteiger partial charge in [-0.1, -0.05) is 11.6 Å². The number of carbonyl (C=O) groups excluding carboxylic acids is 1. The number of halogens is 3. The van der Waals surface area contributed by atoms with Gasteiger partial charge in [0, 0.05) is 10.6 Å². The number of esters is 1. The lowest BCUT2D eigenvalue weighted by Crippen LogP contribution is -2.10. The van der Waals surface area contributed by atoms with Crippen molar-refractivity contribution in [1.29, 1.82) is 0 Å². The number of alkyl halides is 2. The third-order valence-electron chi connectivity index (χ3n) is 1.88. The number of carbonyl (C=O) groups is 1. The van der Waals surface area contributed by atoms with E-state index in [1.807, 2.05) is 0 Å². The lowest BCUT2D eigenvalue weighted by atomic mass is 10.1. The number of hydrogen-bond acceptors (Lipinski definition) is 3. The van der Waals surface area contributed by atoms with Crippen LogP contribution in [-0.4, -0.2) is 19.2 Å². The fourth-order valence-electron chi connectivity index (χ4n) is 1.26. The molecule has 0 aliphatic carbocycles.